The van der Waals surface area contributed by atoms with Crippen LogP contribution in [0, 0.1) is 0 Å². The molecule has 0 saturated carbocycles. The first-order chi connectivity index (χ1) is 7.22. The summed E-state index contributed by atoms with van der Waals surface area (Å²) in [5.41, 5.74) is 1.56. The van der Waals surface area contributed by atoms with Crippen LogP contribution in [0.4, 0.5) is 0 Å². The van der Waals surface area contributed by atoms with Crippen molar-refractivity contribution >= 4 is 28.3 Å². The molecule has 0 spiro atoms. The second-order valence-electron chi connectivity index (χ2n) is 3.18. The minimum Gasteiger partial charge on any atom is -0.508 e. The van der Waals surface area contributed by atoms with Crippen LogP contribution in [-0.2, 0) is 0 Å². The molecule has 15 heavy (non-hydrogen) atoms. The molecular weight excluding hydrogens is 210 g/mol. The molecule has 0 saturated heterocycles. The quantitative estimate of drug-likeness (QED) is 0.585. The summed E-state index contributed by atoms with van der Waals surface area (Å²) in [4.78, 5) is 4.18. The summed E-state index contributed by atoms with van der Waals surface area (Å²) in [5, 5.41) is 11.1. The number of hydrogen-bond donors (Lipinski definition) is 1. The first kappa shape index (κ1) is 9.99. The number of halogens is 1. The summed E-state index contributed by atoms with van der Waals surface area (Å²) in [7, 11) is 0. The molecule has 76 valence electrons. The zero-order valence-corrected chi connectivity index (χ0v) is 8.99. The van der Waals surface area contributed by atoms with Crippen LogP contribution in [0.2, 0.25) is 5.15 Å². The largest absolute Gasteiger partial charge is 0.508 e. The van der Waals surface area contributed by atoms with Crippen LogP contribution in [0.25, 0.3) is 16.7 Å². The van der Waals surface area contributed by atoms with Gasteiger partial charge in [-0.3, -0.25) is 0 Å². The highest BCUT2D eigenvalue weighted by molar-refractivity contribution is 6.29. The molecule has 1 heterocycles. The van der Waals surface area contributed by atoms with Crippen molar-refractivity contribution in [2.24, 2.45) is 0 Å². The zero-order valence-electron chi connectivity index (χ0n) is 8.24. The van der Waals surface area contributed by atoms with Gasteiger partial charge in [0.1, 0.15) is 10.9 Å². The first-order valence-electron chi connectivity index (χ1n) is 4.63. The molecule has 0 bridgehead atoms. The van der Waals surface area contributed by atoms with Crippen LogP contribution < -0.4 is 0 Å². The second kappa shape index (κ2) is 3.91. The number of aromatic nitrogens is 1. The van der Waals surface area contributed by atoms with Gasteiger partial charge in [-0.15, -0.1) is 0 Å². The van der Waals surface area contributed by atoms with Gasteiger partial charge in [-0.2, -0.15) is 0 Å². The predicted octanol–water partition coefficient (Wildman–Crippen LogP) is 3.81. The van der Waals surface area contributed by atoms with Crippen molar-refractivity contribution in [2.45, 2.75) is 6.92 Å². The fourth-order valence-electron chi connectivity index (χ4n) is 1.51. The SMILES string of the molecule is C/C=C(\O)c1cccc2nc(Cl)ccc12. The van der Waals surface area contributed by atoms with E-state index in [4.69, 9.17) is 11.6 Å². The highest BCUT2D eigenvalue weighted by atomic mass is 35.5. The van der Waals surface area contributed by atoms with E-state index in [1.54, 1.807) is 19.1 Å². The van der Waals surface area contributed by atoms with Gasteiger partial charge in [-0.1, -0.05) is 23.7 Å². The number of benzene rings is 1. The summed E-state index contributed by atoms with van der Waals surface area (Å²) in [5.74, 6) is 0.254. The standard InChI is InChI=1S/C12H10ClNO/c1-2-11(15)9-4-3-5-10-8(9)6-7-12(13)14-10/h2-7,15H,1H3/b11-2-. The topological polar surface area (TPSA) is 33.1 Å². The summed E-state index contributed by atoms with van der Waals surface area (Å²) in [6.07, 6.45) is 1.66. The minimum absolute atomic E-state index is 0.254. The van der Waals surface area contributed by atoms with Crippen LogP contribution in [-0.4, -0.2) is 10.1 Å². The molecule has 0 fully saturated rings. The van der Waals surface area contributed by atoms with Crippen molar-refractivity contribution in [2.75, 3.05) is 0 Å². The van der Waals surface area contributed by atoms with Gasteiger partial charge in [0.2, 0.25) is 0 Å². The number of aliphatic hydroxyl groups is 1. The number of rotatable bonds is 1. The molecule has 2 aromatic rings. The predicted molar refractivity (Wildman–Crippen MR) is 63.0 cm³/mol. The Morgan fingerprint density at radius 1 is 1.33 bits per heavy atom. The van der Waals surface area contributed by atoms with Gasteiger partial charge in [-0.05, 0) is 31.2 Å². The van der Waals surface area contributed by atoms with E-state index < -0.39 is 0 Å². The Kier molecular flexibility index (Phi) is 2.60. The van der Waals surface area contributed by atoms with E-state index in [1.807, 2.05) is 24.3 Å². The van der Waals surface area contributed by atoms with Crippen LogP contribution in [0.15, 0.2) is 36.4 Å². The molecule has 0 atom stereocenters. The fraction of sp³-hybridized carbons (Fsp3) is 0.0833. The molecule has 2 rings (SSSR count). The van der Waals surface area contributed by atoms with Crippen molar-refractivity contribution in [1.82, 2.24) is 4.98 Å². The van der Waals surface area contributed by atoms with Crippen LogP contribution in [0.5, 0.6) is 0 Å². The van der Waals surface area contributed by atoms with E-state index >= 15 is 0 Å². The molecule has 2 nitrogen and oxygen atoms in total. The minimum atomic E-state index is 0.254. The molecule has 0 radical (unpaired) electrons. The van der Waals surface area contributed by atoms with E-state index in [2.05, 4.69) is 4.98 Å². The number of allylic oxidation sites excluding steroid dienone is 1. The lowest BCUT2D eigenvalue weighted by Gasteiger charge is -2.04. The number of nitrogens with zero attached hydrogens (tertiary/aromatic N) is 1. The van der Waals surface area contributed by atoms with Crippen molar-refractivity contribution in [3.05, 3.63) is 47.1 Å². The van der Waals surface area contributed by atoms with Gasteiger partial charge < -0.3 is 5.11 Å². The maximum absolute atomic E-state index is 9.70. The number of hydrogen-bond acceptors (Lipinski definition) is 2. The van der Waals surface area contributed by atoms with E-state index in [9.17, 15) is 5.11 Å². The van der Waals surface area contributed by atoms with Gasteiger partial charge in [0.15, 0.2) is 0 Å². The normalized spacial score (nSPS) is 12.0. The van der Waals surface area contributed by atoms with Gasteiger partial charge in [0.25, 0.3) is 0 Å². The number of fused-ring (bicyclic) bond motifs is 1. The Labute approximate surface area is 92.8 Å². The Hall–Kier alpha value is -1.54. The molecule has 0 aliphatic rings. The second-order valence-corrected chi connectivity index (χ2v) is 3.57. The molecule has 1 aromatic heterocycles. The average molecular weight is 220 g/mol. The Morgan fingerprint density at radius 2 is 2.13 bits per heavy atom. The lowest BCUT2D eigenvalue weighted by atomic mass is 10.1. The van der Waals surface area contributed by atoms with E-state index in [0.717, 1.165) is 16.5 Å². The Balaban J connectivity index is 2.77. The highest BCUT2D eigenvalue weighted by Gasteiger charge is 2.04. The van der Waals surface area contributed by atoms with Crippen molar-refractivity contribution in [1.29, 1.82) is 0 Å². The maximum Gasteiger partial charge on any atom is 0.129 e. The first-order valence-corrected chi connectivity index (χ1v) is 5.01. The van der Waals surface area contributed by atoms with Crippen molar-refractivity contribution < 1.29 is 5.11 Å². The van der Waals surface area contributed by atoms with Gasteiger partial charge in [0, 0.05) is 10.9 Å². The lowest BCUT2D eigenvalue weighted by Crippen LogP contribution is -1.87. The number of pyridine rings is 1. The molecule has 1 N–H and O–H groups in total. The van der Waals surface area contributed by atoms with Gasteiger partial charge in [-0.25, -0.2) is 4.98 Å². The van der Waals surface area contributed by atoms with Crippen molar-refractivity contribution in [3.63, 3.8) is 0 Å². The van der Waals surface area contributed by atoms with E-state index in [0.29, 0.717) is 5.15 Å². The smallest absolute Gasteiger partial charge is 0.129 e. The Morgan fingerprint density at radius 3 is 2.87 bits per heavy atom. The van der Waals surface area contributed by atoms with E-state index in [-0.39, 0.29) is 5.76 Å². The summed E-state index contributed by atoms with van der Waals surface area (Å²) in [6, 6.07) is 9.15. The van der Waals surface area contributed by atoms with Crippen LogP contribution >= 0.6 is 11.6 Å². The molecule has 0 unspecified atom stereocenters. The third kappa shape index (κ3) is 1.81. The van der Waals surface area contributed by atoms with Gasteiger partial charge in [0.05, 0.1) is 5.52 Å². The van der Waals surface area contributed by atoms with Crippen LogP contribution in [0.3, 0.4) is 0 Å². The number of aliphatic hydroxyl groups excluding tert-OH is 1. The molecule has 1 aromatic carbocycles. The molecule has 0 aliphatic carbocycles. The average Bonchev–Trinajstić information content (AvgIpc) is 2.26. The molecule has 3 heteroatoms. The zero-order chi connectivity index (χ0) is 10.8. The summed E-state index contributed by atoms with van der Waals surface area (Å²) in [6.45, 7) is 1.79. The lowest BCUT2D eigenvalue weighted by molar-refractivity contribution is 0.512. The highest BCUT2D eigenvalue weighted by Crippen LogP contribution is 2.23. The maximum atomic E-state index is 9.70. The third-order valence-electron chi connectivity index (χ3n) is 2.25. The van der Waals surface area contributed by atoms with Crippen LogP contribution in [0.1, 0.15) is 12.5 Å². The summed E-state index contributed by atoms with van der Waals surface area (Å²) < 4.78 is 0. The monoisotopic (exact) mass is 219 g/mol. The van der Waals surface area contributed by atoms with Crippen molar-refractivity contribution in [3.8, 4) is 0 Å². The molecular formula is C12H10ClNO. The summed E-state index contributed by atoms with van der Waals surface area (Å²) >= 11 is 5.80. The van der Waals surface area contributed by atoms with Gasteiger partial charge >= 0.3 is 0 Å². The fourth-order valence-corrected chi connectivity index (χ4v) is 1.66. The molecule has 0 amide bonds. The third-order valence-corrected chi connectivity index (χ3v) is 2.46. The Bertz CT molecular complexity index is 534. The molecule has 0 aliphatic heterocycles. The van der Waals surface area contributed by atoms with E-state index in [1.165, 1.54) is 0 Å².